The SMILES string of the molecule is CCNC(CCc1cccnc1)Cc1cccc(F)c1Br. The molecule has 0 fully saturated rings. The van der Waals surface area contributed by atoms with Crippen molar-refractivity contribution in [1.82, 2.24) is 10.3 Å². The highest BCUT2D eigenvalue weighted by Crippen LogP contribution is 2.22. The third-order valence-corrected chi connectivity index (χ3v) is 4.38. The number of likely N-dealkylation sites (N-methyl/N-ethyl adjacent to an activating group) is 1. The van der Waals surface area contributed by atoms with E-state index in [4.69, 9.17) is 0 Å². The van der Waals surface area contributed by atoms with E-state index in [0.717, 1.165) is 31.4 Å². The van der Waals surface area contributed by atoms with Gasteiger partial charge in [0.05, 0.1) is 4.47 Å². The molecule has 0 amide bonds. The van der Waals surface area contributed by atoms with Crippen molar-refractivity contribution >= 4 is 15.9 Å². The molecule has 0 aliphatic carbocycles. The Labute approximate surface area is 133 Å². The second kappa shape index (κ2) is 8.25. The summed E-state index contributed by atoms with van der Waals surface area (Å²) in [5.41, 5.74) is 2.24. The van der Waals surface area contributed by atoms with Gasteiger partial charge in [0.2, 0.25) is 0 Å². The van der Waals surface area contributed by atoms with Crippen LogP contribution in [-0.2, 0) is 12.8 Å². The highest BCUT2D eigenvalue weighted by molar-refractivity contribution is 9.10. The first kappa shape index (κ1) is 16.1. The molecule has 2 rings (SSSR count). The molecule has 1 unspecified atom stereocenters. The number of rotatable bonds is 7. The fourth-order valence-electron chi connectivity index (χ4n) is 2.42. The molecule has 1 atom stereocenters. The third kappa shape index (κ3) is 4.90. The van der Waals surface area contributed by atoms with Gasteiger partial charge in [-0.05, 0) is 65.0 Å². The summed E-state index contributed by atoms with van der Waals surface area (Å²) in [5.74, 6) is -0.199. The molecule has 0 aliphatic rings. The topological polar surface area (TPSA) is 24.9 Å². The largest absolute Gasteiger partial charge is 0.314 e. The Hall–Kier alpha value is -1.26. The van der Waals surface area contributed by atoms with Gasteiger partial charge in [-0.1, -0.05) is 25.1 Å². The van der Waals surface area contributed by atoms with E-state index in [2.05, 4.69) is 39.2 Å². The number of benzene rings is 1. The van der Waals surface area contributed by atoms with E-state index in [-0.39, 0.29) is 5.82 Å². The molecule has 2 nitrogen and oxygen atoms in total. The molecule has 0 bridgehead atoms. The molecule has 0 aliphatic heterocycles. The van der Waals surface area contributed by atoms with Gasteiger partial charge in [0.1, 0.15) is 5.82 Å². The zero-order valence-electron chi connectivity index (χ0n) is 12.2. The summed E-state index contributed by atoms with van der Waals surface area (Å²) in [6, 6.07) is 9.59. The fraction of sp³-hybridized carbons (Fsp3) is 0.353. The van der Waals surface area contributed by atoms with Crippen molar-refractivity contribution in [2.75, 3.05) is 6.54 Å². The first-order chi connectivity index (χ1) is 10.2. The number of pyridine rings is 1. The van der Waals surface area contributed by atoms with Crippen molar-refractivity contribution in [3.63, 3.8) is 0 Å². The lowest BCUT2D eigenvalue weighted by molar-refractivity contribution is 0.488. The standard InChI is InChI=1S/C17H20BrFN2/c1-2-21-15(9-8-13-5-4-10-20-12-13)11-14-6-3-7-16(19)17(14)18/h3-7,10,12,15,21H,2,8-9,11H2,1H3. The van der Waals surface area contributed by atoms with Crippen LogP contribution in [0.5, 0.6) is 0 Å². The van der Waals surface area contributed by atoms with Crippen molar-refractivity contribution in [1.29, 1.82) is 0 Å². The minimum absolute atomic E-state index is 0.199. The minimum Gasteiger partial charge on any atom is -0.314 e. The van der Waals surface area contributed by atoms with Crippen LogP contribution in [0.15, 0.2) is 47.2 Å². The summed E-state index contributed by atoms with van der Waals surface area (Å²) in [4.78, 5) is 4.14. The zero-order chi connectivity index (χ0) is 15.1. The van der Waals surface area contributed by atoms with Gasteiger partial charge in [0, 0.05) is 18.4 Å². The van der Waals surface area contributed by atoms with Gasteiger partial charge in [-0.25, -0.2) is 4.39 Å². The van der Waals surface area contributed by atoms with Gasteiger partial charge in [0.15, 0.2) is 0 Å². The van der Waals surface area contributed by atoms with Crippen molar-refractivity contribution in [3.8, 4) is 0 Å². The quantitative estimate of drug-likeness (QED) is 0.811. The van der Waals surface area contributed by atoms with Crippen LogP contribution >= 0.6 is 15.9 Å². The first-order valence-electron chi connectivity index (χ1n) is 7.26. The Kier molecular flexibility index (Phi) is 6.33. The summed E-state index contributed by atoms with van der Waals surface area (Å²) >= 11 is 3.34. The van der Waals surface area contributed by atoms with Gasteiger partial charge in [-0.3, -0.25) is 4.98 Å². The lowest BCUT2D eigenvalue weighted by Gasteiger charge is -2.19. The highest BCUT2D eigenvalue weighted by Gasteiger charge is 2.12. The van der Waals surface area contributed by atoms with Crippen LogP contribution in [0, 0.1) is 5.82 Å². The van der Waals surface area contributed by atoms with E-state index < -0.39 is 0 Å². The monoisotopic (exact) mass is 350 g/mol. The molecule has 0 saturated heterocycles. The fourth-order valence-corrected chi connectivity index (χ4v) is 2.85. The second-order valence-electron chi connectivity index (χ2n) is 5.07. The molecule has 1 heterocycles. The molecule has 1 N–H and O–H groups in total. The molecule has 0 saturated carbocycles. The average Bonchev–Trinajstić information content (AvgIpc) is 2.50. The Morgan fingerprint density at radius 3 is 2.86 bits per heavy atom. The van der Waals surface area contributed by atoms with Crippen molar-refractivity contribution in [2.24, 2.45) is 0 Å². The number of nitrogens with one attached hydrogen (secondary N) is 1. The van der Waals surface area contributed by atoms with E-state index in [0.29, 0.717) is 10.5 Å². The van der Waals surface area contributed by atoms with E-state index >= 15 is 0 Å². The van der Waals surface area contributed by atoms with Crippen LogP contribution in [0.4, 0.5) is 4.39 Å². The smallest absolute Gasteiger partial charge is 0.137 e. The lowest BCUT2D eigenvalue weighted by Crippen LogP contribution is -2.31. The summed E-state index contributed by atoms with van der Waals surface area (Å²) in [6.07, 6.45) is 6.48. The maximum atomic E-state index is 13.6. The zero-order valence-corrected chi connectivity index (χ0v) is 13.7. The van der Waals surface area contributed by atoms with Gasteiger partial charge in [-0.2, -0.15) is 0 Å². The van der Waals surface area contributed by atoms with Crippen LogP contribution in [0.3, 0.4) is 0 Å². The predicted molar refractivity (Wildman–Crippen MR) is 87.8 cm³/mol. The molecule has 1 aromatic heterocycles. The van der Waals surface area contributed by atoms with Crippen LogP contribution in [0.2, 0.25) is 0 Å². The number of halogens is 2. The summed E-state index contributed by atoms with van der Waals surface area (Å²) in [7, 11) is 0. The first-order valence-corrected chi connectivity index (χ1v) is 8.05. The molecule has 4 heteroatoms. The number of hydrogen-bond acceptors (Lipinski definition) is 2. The van der Waals surface area contributed by atoms with Crippen LogP contribution < -0.4 is 5.32 Å². The van der Waals surface area contributed by atoms with Crippen molar-refractivity contribution in [2.45, 2.75) is 32.2 Å². The summed E-state index contributed by atoms with van der Waals surface area (Å²) < 4.78 is 14.2. The summed E-state index contributed by atoms with van der Waals surface area (Å²) in [5, 5.41) is 3.48. The second-order valence-corrected chi connectivity index (χ2v) is 5.86. The van der Waals surface area contributed by atoms with Crippen LogP contribution in [0.25, 0.3) is 0 Å². The Morgan fingerprint density at radius 1 is 1.29 bits per heavy atom. The highest BCUT2D eigenvalue weighted by atomic mass is 79.9. The van der Waals surface area contributed by atoms with Gasteiger partial charge >= 0.3 is 0 Å². The Morgan fingerprint density at radius 2 is 2.14 bits per heavy atom. The molecule has 1 aromatic carbocycles. The molecule has 0 radical (unpaired) electrons. The average molecular weight is 351 g/mol. The molecule has 2 aromatic rings. The maximum Gasteiger partial charge on any atom is 0.137 e. The molecule has 21 heavy (non-hydrogen) atoms. The predicted octanol–water partition coefficient (Wildman–Crippen LogP) is 4.14. The van der Waals surface area contributed by atoms with Crippen molar-refractivity contribution < 1.29 is 4.39 Å². The van der Waals surface area contributed by atoms with Gasteiger partial charge in [-0.15, -0.1) is 0 Å². The van der Waals surface area contributed by atoms with Crippen molar-refractivity contribution in [3.05, 3.63) is 64.1 Å². The van der Waals surface area contributed by atoms with Crippen LogP contribution in [-0.4, -0.2) is 17.6 Å². The Bertz CT molecular complexity index is 560. The van der Waals surface area contributed by atoms with E-state index in [1.807, 2.05) is 18.3 Å². The number of hydrogen-bond donors (Lipinski definition) is 1. The number of nitrogens with zero attached hydrogens (tertiary/aromatic N) is 1. The third-order valence-electron chi connectivity index (χ3n) is 3.49. The van der Waals surface area contributed by atoms with E-state index in [1.165, 1.54) is 11.6 Å². The Balaban J connectivity index is 2.00. The maximum absolute atomic E-state index is 13.6. The lowest BCUT2D eigenvalue weighted by atomic mass is 9.99. The van der Waals surface area contributed by atoms with E-state index in [1.54, 1.807) is 12.3 Å². The molecule has 112 valence electrons. The molecular formula is C17H20BrFN2. The van der Waals surface area contributed by atoms with Crippen LogP contribution in [0.1, 0.15) is 24.5 Å². The van der Waals surface area contributed by atoms with Gasteiger partial charge in [0.25, 0.3) is 0 Å². The number of aromatic nitrogens is 1. The minimum atomic E-state index is -0.199. The molecule has 0 spiro atoms. The summed E-state index contributed by atoms with van der Waals surface area (Å²) in [6.45, 7) is 3.00. The normalized spacial score (nSPS) is 12.3. The number of aryl methyl sites for hydroxylation is 1. The van der Waals surface area contributed by atoms with E-state index in [9.17, 15) is 4.39 Å². The molecular weight excluding hydrogens is 331 g/mol. The van der Waals surface area contributed by atoms with Gasteiger partial charge < -0.3 is 5.32 Å².